The van der Waals surface area contributed by atoms with Crippen molar-refractivity contribution >= 4 is 0 Å². The van der Waals surface area contributed by atoms with Gasteiger partial charge in [-0.15, -0.1) is 0 Å². The molecule has 1 atom stereocenters. The van der Waals surface area contributed by atoms with Gasteiger partial charge in [0.25, 0.3) is 0 Å². The van der Waals surface area contributed by atoms with E-state index in [0.29, 0.717) is 29.5 Å². The molecule has 1 heterocycles. The van der Waals surface area contributed by atoms with E-state index in [1.165, 1.54) is 12.0 Å². The van der Waals surface area contributed by atoms with E-state index in [0.717, 1.165) is 25.1 Å². The summed E-state index contributed by atoms with van der Waals surface area (Å²) in [7, 11) is 0. The Morgan fingerprint density at radius 2 is 1.91 bits per heavy atom. The van der Waals surface area contributed by atoms with Crippen LogP contribution in [0.25, 0.3) is 0 Å². The fourth-order valence-electron chi connectivity index (χ4n) is 2.68. The summed E-state index contributed by atoms with van der Waals surface area (Å²) in [4.78, 5) is 4.47. The Morgan fingerprint density at radius 3 is 2.43 bits per heavy atom. The molecule has 0 aromatic carbocycles. The minimum absolute atomic E-state index is 0.319. The monoisotopic (exact) mass is 318 g/mol. The van der Waals surface area contributed by atoms with Crippen LogP contribution < -0.4 is 10.1 Å². The van der Waals surface area contributed by atoms with Crippen molar-refractivity contribution in [3.63, 3.8) is 0 Å². The molecule has 0 radical (unpaired) electrons. The summed E-state index contributed by atoms with van der Waals surface area (Å²) >= 11 is 0. The van der Waals surface area contributed by atoms with E-state index in [1.807, 2.05) is 12.3 Å². The molecule has 1 aromatic rings. The first kappa shape index (κ1) is 18.3. The molecule has 3 nitrogen and oxygen atoms in total. The largest absolute Gasteiger partial charge is 0.474 e. The normalized spacial score (nSPS) is 22.7. The van der Waals surface area contributed by atoms with Crippen LogP contribution in [-0.4, -0.2) is 23.2 Å². The predicted octanol–water partition coefficient (Wildman–Crippen LogP) is 4.60. The standard InChI is InChI=1S/C20H34N2O/c1-14(2)15(3)22-17-11-18(12-17)23-19-8-7-16(13-21-19)9-10-20(4,5)6/h7-8,13-15,17-18,22H,9-12H2,1-6H3/t15-,17-,18+/m0/s1. The molecular weight excluding hydrogens is 284 g/mol. The number of aryl methyl sites for hydroxylation is 1. The molecule has 0 bridgehead atoms. The van der Waals surface area contributed by atoms with Gasteiger partial charge in [-0.3, -0.25) is 0 Å². The van der Waals surface area contributed by atoms with E-state index in [9.17, 15) is 0 Å². The number of nitrogens with one attached hydrogen (secondary N) is 1. The smallest absolute Gasteiger partial charge is 0.213 e. The molecule has 130 valence electrons. The molecule has 2 rings (SSSR count). The van der Waals surface area contributed by atoms with Gasteiger partial charge >= 0.3 is 0 Å². The minimum Gasteiger partial charge on any atom is -0.474 e. The molecule has 23 heavy (non-hydrogen) atoms. The molecule has 1 aromatic heterocycles. The van der Waals surface area contributed by atoms with Crippen LogP contribution in [0.3, 0.4) is 0 Å². The Morgan fingerprint density at radius 1 is 1.22 bits per heavy atom. The van der Waals surface area contributed by atoms with Crippen molar-refractivity contribution < 1.29 is 4.74 Å². The first-order valence-electron chi connectivity index (χ1n) is 9.10. The molecule has 0 amide bonds. The van der Waals surface area contributed by atoms with Crippen molar-refractivity contribution in [1.82, 2.24) is 10.3 Å². The SMILES string of the molecule is CC(C)[C@H](C)N[C@H]1C[C@@H](Oc2ccc(CCC(C)(C)C)cn2)C1. The number of rotatable bonds is 7. The van der Waals surface area contributed by atoms with Gasteiger partial charge in [-0.2, -0.15) is 0 Å². The Bertz CT molecular complexity index is 469. The molecule has 0 unspecified atom stereocenters. The molecule has 1 aliphatic rings. The van der Waals surface area contributed by atoms with Crippen LogP contribution in [0.2, 0.25) is 0 Å². The third-order valence-electron chi connectivity index (χ3n) is 4.84. The fraction of sp³-hybridized carbons (Fsp3) is 0.750. The first-order valence-corrected chi connectivity index (χ1v) is 9.10. The van der Waals surface area contributed by atoms with E-state index in [2.05, 4.69) is 57.9 Å². The second kappa shape index (κ2) is 7.65. The third kappa shape index (κ3) is 6.14. The van der Waals surface area contributed by atoms with Gasteiger partial charge in [0.1, 0.15) is 6.10 Å². The van der Waals surface area contributed by atoms with Crippen LogP contribution in [0.1, 0.15) is 66.4 Å². The Hall–Kier alpha value is -1.09. The molecule has 0 saturated heterocycles. The van der Waals surface area contributed by atoms with Crippen LogP contribution in [-0.2, 0) is 6.42 Å². The average Bonchev–Trinajstić information content (AvgIpc) is 2.43. The summed E-state index contributed by atoms with van der Waals surface area (Å²) in [6.07, 6.45) is 6.73. The van der Waals surface area contributed by atoms with Crippen molar-refractivity contribution in [2.75, 3.05) is 0 Å². The van der Waals surface area contributed by atoms with E-state index >= 15 is 0 Å². The topological polar surface area (TPSA) is 34.1 Å². The molecular formula is C20H34N2O. The fourth-order valence-corrected chi connectivity index (χ4v) is 2.68. The van der Waals surface area contributed by atoms with Crippen molar-refractivity contribution in [2.24, 2.45) is 11.3 Å². The van der Waals surface area contributed by atoms with E-state index in [-0.39, 0.29) is 0 Å². The summed E-state index contributed by atoms with van der Waals surface area (Å²) in [5, 5.41) is 3.67. The van der Waals surface area contributed by atoms with E-state index in [1.54, 1.807) is 0 Å². The zero-order valence-corrected chi connectivity index (χ0v) is 15.7. The lowest BCUT2D eigenvalue weighted by Gasteiger charge is -2.38. The third-order valence-corrected chi connectivity index (χ3v) is 4.84. The summed E-state index contributed by atoms with van der Waals surface area (Å²) in [5.74, 6) is 1.45. The van der Waals surface area contributed by atoms with Crippen LogP contribution in [0.4, 0.5) is 0 Å². The lowest BCUT2D eigenvalue weighted by atomic mass is 9.88. The highest BCUT2D eigenvalue weighted by atomic mass is 16.5. The lowest BCUT2D eigenvalue weighted by Crippen LogP contribution is -2.50. The van der Waals surface area contributed by atoms with E-state index < -0.39 is 0 Å². The average molecular weight is 319 g/mol. The molecule has 0 spiro atoms. The summed E-state index contributed by atoms with van der Waals surface area (Å²) < 4.78 is 5.97. The molecule has 1 N–H and O–H groups in total. The highest BCUT2D eigenvalue weighted by molar-refractivity contribution is 5.18. The molecule has 0 aliphatic heterocycles. The first-order chi connectivity index (χ1) is 10.7. The zero-order chi connectivity index (χ0) is 17.0. The lowest BCUT2D eigenvalue weighted by molar-refractivity contribution is 0.0733. The maximum Gasteiger partial charge on any atom is 0.213 e. The van der Waals surface area contributed by atoms with E-state index in [4.69, 9.17) is 4.74 Å². The van der Waals surface area contributed by atoms with Crippen molar-refractivity contribution in [1.29, 1.82) is 0 Å². The zero-order valence-electron chi connectivity index (χ0n) is 15.7. The molecule has 3 heteroatoms. The number of aromatic nitrogens is 1. The quantitative estimate of drug-likeness (QED) is 0.797. The molecule has 1 fully saturated rings. The van der Waals surface area contributed by atoms with Gasteiger partial charge in [0.05, 0.1) is 0 Å². The van der Waals surface area contributed by atoms with Crippen molar-refractivity contribution in [2.45, 2.75) is 85.4 Å². The van der Waals surface area contributed by atoms with Gasteiger partial charge in [0, 0.05) is 24.3 Å². The summed E-state index contributed by atoms with van der Waals surface area (Å²) in [6.45, 7) is 13.6. The molecule has 1 aliphatic carbocycles. The van der Waals surface area contributed by atoms with Crippen molar-refractivity contribution in [3.8, 4) is 5.88 Å². The van der Waals surface area contributed by atoms with Crippen LogP contribution in [0, 0.1) is 11.3 Å². The van der Waals surface area contributed by atoms with Crippen LogP contribution >= 0.6 is 0 Å². The van der Waals surface area contributed by atoms with Gasteiger partial charge in [0.15, 0.2) is 0 Å². The number of pyridine rings is 1. The Labute approximate surface area is 142 Å². The van der Waals surface area contributed by atoms with Gasteiger partial charge in [0.2, 0.25) is 5.88 Å². The highest BCUT2D eigenvalue weighted by Crippen LogP contribution is 2.26. The maximum absolute atomic E-state index is 5.97. The number of nitrogens with zero attached hydrogens (tertiary/aromatic N) is 1. The second-order valence-corrected chi connectivity index (χ2v) is 8.67. The van der Waals surface area contributed by atoms with Crippen molar-refractivity contribution in [3.05, 3.63) is 23.9 Å². The Kier molecular flexibility index (Phi) is 6.07. The maximum atomic E-state index is 5.97. The van der Waals surface area contributed by atoms with Crippen LogP contribution in [0.5, 0.6) is 5.88 Å². The number of hydrogen-bond donors (Lipinski definition) is 1. The Balaban J connectivity index is 1.71. The van der Waals surface area contributed by atoms with Crippen LogP contribution in [0.15, 0.2) is 18.3 Å². The second-order valence-electron chi connectivity index (χ2n) is 8.67. The molecule has 1 saturated carbocycles. The van der Waals surface area contributed by atoms with Gasteiger partial charge < -0.3 is 10.1 Å². The van der Waals surface area contributed by atoms with Gasteiger partial charge in [-0.1, -0.05) is 40.7 Å². The minimum atomic E-state index is 0.319. The van der Waals surface area contributed by atoms with Gasteiger partial charge in [-0.05, 0) is 49.5 Å². The predicted molar refractivity (Wildman–Crippen MR) is 96.9 cm³/mol. The summed E-state index contributed by atoms with van der Waals surface area (Å²) in [6, 6.07) is 5.35. The van der Waals surface area contributed by atoms with Gasteiger partial charge in [-0.25, -0.2) is 4.98 Å². The number of ether oxygens (including phenoxy) is 1. The summed E-state index contributed by atoms with van der Waals surface area (Å²) in [5.41, 5.74) is 1.67. The highest BCUT2D eigenvalue weighted by Gasteiger charge is 2.32. The number of hydrogen-bond acceptors (Lipinski definition) is 3.